The fourth-order valence-electron chi connectivity index (χ4n) is 3.78. The Morgan fingerprint density at radius 2 is 1.95 bits per heavy atom. The predicted molar refractivity (Wildman–Crippen MR) is 148 cm³/mol. The fraction of sp³-hybridized carbons (Fsp3) is 0.185. The predicted octanol–water partition coefficient (Wildman–Crippen LogP) is 6.73. The Morgan fingerprint density at radius 3 is 2.69 bits per heavy atom. The highest BCUT2D eigenvalue weighted by molar-refractivity contribution is 7.21. The highest BCUT2D eigenvalue weighted by Gasteiger charge is 2.17. The summed E-state index contributed by atoms with van der Waals surface area (Å²) < 4.78 is 36.8. The summed E-state index contributed by atoms with van der Waals surface area (Å²) in [5.41, 5.74) is 2.33. The minimum absolute atomic E-state index is 0.0207. The average molecular weight is 569 g/mol. The molecule has 0 fully saturated rings. The zero-order valence-electron chi connectivity index (χ0n) is 21.0. The third-order valence-electron chi connectivity index (χ3n) is 5.60. The number of carbonyl (C=O) groups excluding carboxylic acids is 1. The standard InChI is InChI=1S/C27H22ClFN4O5S/c1-14(13-37-27(34)32-17-4-5-24(36-3)30-11-17)38-22-10-23-21(9-20(22)29)33-26(39-23)19-8-16(28)6-15-7-18(35-2)12-31-25(15)19/h4-12,14H,13H2,1-3H3,(H,32,34)/t14-/m0/s1. The first kappa shape index (κ1) is 26.4. The van der Waals surface area contributed by atoms with Crippen LogP contribution in [0.15, 0.2) is 54.9 Å². The number of aromatic nitrogens is 3. The molecule has 0 unspecified atom stereocenters. The van der Waals surface area contributed by atoms with Gasteiger partial charge in [0.1, 0.15) is 23.5 Å². The van der Waals surface area contributed by atoms with Crippen molar-refractivity contribution in [2.45, 2.75) is 13.0 Å². The number of carbonyl (C=O) groups is 1. The van der Waals surface area contributed by atoms with E-state index in [9.17, 15) is 9.18 Å². The maximum absolute atomic E-state index is 14.9. The third kappa shape index (κ3) is 5.94. The van der Waals surface area contributed by atoms with Crippen molar-refractivity contribution in [3.8, 4) is 28.0 Å². The summed E-state index contributed by atoms with van der Waals surface area (Å²) in [5.74, 6) is 0.463. The van der Waals surface area contributed by atoms with Gasteiger partial charge in [-0.05, 0) is 31.2 Å². The van der Waals surface area contributed by atoms with Gasteiger partial charge in [-0.2, -0.15) is 0 Å². The molecular weight excluding hydrogens is 547 g/mol. The molecule has 0 radical (unpaired) electrons. The number of hydrogen-bond donors (Lipinski definition) is 1. The van der Waals surface area contributed by atoms with E-state index < -0.39 is 18.0 Å². The lowest BCUT2D eigenvalue weighted by Crippen LogP contribution is -2.24. The van der Waals surface area contributed by atoms with Crippen LogP contribution in [0.25, 0.3) is 31.7 Å². The minimum Gasteiger partial charge on any atom is -0.495 e. The van der Waals surface area contributed by atoms with Gasteiger partial charge < -0.3 is 18.9 Å². The summed E-state index contributed by atoms with van der Waals surface area (Å²) in [6.07, 6.45) is 1.74. The number of nitrogens with one attached hydrogen (secondary N) is 1. The van der Waals surface area contributed by atoms with Gasteiger partial charge in [0, 0.05) is 34.2 Å². The number of benzene rings is 2. The Labute approximate surface area is 231 Å². The molecule has 5 aromatic rings. The van der Waals surface area contributed by atoms with Crippen LogP contribution < -0.4 is 19.5 Å². The lowest BCUT2D eigenvalue weighted by atomic mass is 10.1. The molecule has 0 aliphatic heterocycles. The van der Waals surface area contributed by atoms with E-state index in [1.165, 1.54) is 30.7 Å². The van der Waals surface area contributed by atoms with Crippen molar-refractivity contribution in [2.75, 3.05) is 26.1 Å². The van der Waals surface area contributed by atoms with Crippen LogP contribution in [0, 0.1) is 5.82 Å². The van der Waals surface area contributed by atoms with Gasteiger partial charge in [-0.25, -0.2) is 19.2 Å². The number of halogens is 2. The molecule has 0 spiro atoms. The van der Waals surface area contributed by atoms with Crippen molar-refractivity contribution >= 4 is 55.8 Å². The summed E-state index contributed by atoms with van der Waals surface area (Å²) in [6, 6.07) is 11.5. The molecule has 2 aromatic carbocycles. The number of nitrogens with zero attached hydrogens (tertiary/aromatic N) is 3. The molecule has 3 heterocycles. The molecule has 39 heavy (non-hydrogen) atoms. The summed E-state index contributed by atoms with van der Waals surface area (Å²) in [7, 11) is 3.06. The van der Waals surface area contributed by atoms with E-state index in [2.05, 4.69) is 20.3 Å². The highest BCUT2D eigenvalue weighted by Crippen LogP contribution is 2.38. The van der Waals surface area contributed by atoms with Crippen molar-refractivity contribution in [2.24, 2.45) is 0 Å². The number of methoxy groups -OCH3 is 2. The molecule has 5 rings (SSSR count). The number of anilines is 1. The number of fused-ring (bicyclic) bond motifs is 2. The second-order valence-corrected chi connectivity index (χ2v) is 9.88. The monoisotopic (exact) mass is 568 g/mol. The second-order valence-electron chi connectivity index (χ2n) is 8.41. The Balaban J connectivity index is 1.30. The van der Waals surface area contributed by atoms with Crippen LogP contribution >= 0.6 is 22.9 Å². The molecule has 12 heteroatoms. The first-order valence-corrected chi connectivity index (χ1v) is 12.9. The summed E-state index contributed by atoms with van der Waals surface area (Å²) >= 11 is 7.72. The van der Waals surface area contributed by atoms with Crippen LogP contribution in [0.4, 0.5) is 14.9 Å². The first-order valence-electron chi connectivity index (χ1n) is 11.7. The summed E-state index contributed by atoms with van der Waals surface area (Å²) in [4.78, 5) is 25.2. The lowest BCUT2D eigenvalue weighted by molar-refractivity contribution is 0.0969. The van der Waals surface area contributed by atoms with Gasteiger partial charge in [-0.1, -0.05) is 11.6 Å². The molecular formula is C27H22ClFN4O5S. The second kappa shape index (κ2) is 11.3. The van der Waals surface area contributed by atoms with Gasteiger partial charge in [0.05, 0.1) is 48.0 Å². The maximum Gasteiger partial charge on any atom is 0.411 e. The molecule has 0 aliphatic carbocycles. The van der Waals surface area contributed by atoms with Crippen molar-refractivity contribution < 1.29 is 28.1 Å². The largest absolute Gasteiger partial charge is 0.495 e. The smallest absolute Gasteiger partial charge is 0.411 e. The van der Waals surface area contributed by atoms with Gasteiger partial charge >= 0.3 is 6.09 Å². The normalized spacial score (nSPS) is 11.8. The van der Waals surface area contributed by atoms with Crippen molar-refractivity contribution in [3.05, 3.63) is 65.7 Å². The van der Waals surface area contributed by atoms with E-state index in [1.807, 2.05) is 6.07 Å². The van der Waals surface area contributed by atoms with E-state index >= 15 is 0 Å². The van der Waals surface area contributed by atoms with Crippen molar-refractivity contribution in [3.63, 3.8) is 0 Å². The van der Waals surface area contributed by atoms with E-state index in [4.69, 9.17) is 30.5 Å². The van der Waals surface area contributed by atoms with E-state index in [-0.39, 0.29) is 12.4 Å². The molecule has 1 amide bonds. The Hall–Kier alpha value is -4.22. The lowest BCUT2D eigenvalue weighted by Gasteiger charge is -2.15. The van der Waals surface area contributed by atoms with Crippen LogP contribution in [0.5, 0.6) is 17.4 Å². The van der Waals surface area contributed by atoms with Crippen LogP contribution in [0.1, 0.15) is 6.92 Å². The number of pyridine rings is 2. The molecule has 9 nitrogen and oxygen atoms in total. The van der Waals surface area contributed by atoms with Crippen LogP contribution in [-0.4, -0.2) is 48.0 Å². The quantitative estimate of drug-likeness (QED) is 0.220. The zero-order valence-corrected chi connectivity index (χ0v) is 22.6. The van der Waals surface area contributed by atoms with E-state index in [0.717, 1.165) is 10.9 Å². The SMILES string of the molecule is COc1cnc2c(-c3nc4cc(F)c(O[C@@H](C)COC(=O)Nc5ccc(OC)nc5)cc4s3)cc(Cl)cc2c1. The van der Waals surface area contributed by atoms with Crippen LogP contribution in [-0.2, 0) is 4.74 Å². The minimum atomic E-state index is -0.694. The van der Waals surface area contributed by atoms with Crippen molar-refractivity contribution in [1.29, 1.82) is 0 Å². The summed E-state index contributed by atoms with van der Waals surface area (Å²) in [5, 5.41) is 4.50. The van der Waals surface area contributed by atoms with E-state index in [0.29, 0.717) is 43.1 Å². The first-order chi connectivity index (χ1) is 18.8. The van der Waals surface area contributed by atoms with E-state index in [1.54, 1.807) is 50.6 Å². The molecule has 1 N–H and O–H groups in total. The Morgan fingerprint density at radius 1 is 1.10 bits per heavy atom. The Kier molecular flexibility index (Phi) is 7.62. The molecule has 0 bridgehead atoms. The molecule has 0 saturated carbocycles. The van der Waals surface area contributed by atoms with Gasteiger partial charge in [-0.3, -0.25) is 10.3 Å². The number of rotatable bonds is 8. The van der Waals surface area contributed by atoms with Crippen LogP contribution in [0.3, 0.4) is 0 Å². The van der Waals surface area contributed by atoms with Crippen molar-refractivity contribution in [1.82, 2.24) is 15.0 Å². The average Bonchev–Trinajstić information content (AvgIpc) is 3.34. The molecule has 200 valence electrons. The third-order valence-corrected chi connectivity index (χ3v) is 6.87. The number of thiazole rings is 1. The van der Waals surface area contributed by atoms with Gasteiger partial charge in [0.15, 0.2) is 11.6 Å². The summed E-state index contributed by atoms with van der Waals surface area (Å²) in [6.45, 7) is 1.56. The number of amides is 1. The molecule has 1 atom stereocenters. The topological polar surface area (TPSA) is 105 Å². The van der Waals surface area contributed by atoms with Gasteiger partial charge in [-0.15, -0.1) is 11.3 Å². The molecule has 0 saturated heterocycles. The van der Waals surface area contributed by atoms with Crippen LogP contribution in [0.2, 0.25) is 5.02 Å². The molecule has 3 aromatic heterocycles. The Bertz CT molecular complexity index is 1660. The number of hydrogen-bond acceptors (Lipinski definition) is 9. The van der Waals surface area contributed by atoms with Gasteiger partial charge in [0.2, 0.25) is 5.88 Å². The highest BCUT2D eigenvalue weighted by atomic mass is 35.5. The fourth-order valence-corrected chi connectivity index (χ4v) is 5.00. The number of ether oxygens (including phenoxy) is 4. The maximum atomic E-state index is 14.9. The zero-order chi connectivity index (χ0) is 27.5. The van der Waals surface area contributed by atoms with Gasteiger partial charge in [0.25, 0.3) is 0 Å². The molecule has 0 aliphatic rings.